The van der Waals surface area contributed by atoms with Gasteiger partial charge in [-0.1, -0.05) is 11.8 Å². The lowest BCUT2D eigenvalue weighted by molar-refractivity contribution is -0.146. The van der Waals surface area contributed by atoms with E-state index in [1.54, 1.807) is 20.8 Å². The molecular weight excluding hydrogens is 234 g/mol. The maximum absolute atomic E-state index is 11.5. The van der Waals surface area contributed by atoms with Gasteiger partial charge in [0.25, 0.3) is 0 Å². The molecule has 0 rings (SSSR count). The van der Waals surface area contributed by atoms with Gasteiger partial charge < -0.3 is 9.47 Å². The predicted octanol–water partition coefficient (Wildman–Crippen LogP) is 1.03. The Morgan fingerprint density at radius 1 is 1.11 bits per heavy atom. The maximum atomic E-state index is 11.5. The second-order valence-electron chi connectivity index (χ2n) is 3.30. The number of hydrogen-bond donors (Lipinski definition) is 0. The Kier molecular flexibility index (Phi) is 7.89. The Morgan fingerprint density at radius 2 is 1.61 bits per heavy atom. The van der Waals surface area contributed by atoms with Crippen LogP contribution in [0.2, 0.25) is 0 Å². The molecule has 0 aromatic heterocycles. The van der Waals surface area contributed by atoms with Crippen LogP contribution in [0.1, 0.15) is 20.8 Å². The lowest BCUT2D eigenvalue weighted by atomic mass is 10.3. The SMILES string of the molecule is CC#CCOC(=O)C(C)N(C)C(=O)OCC#CC. The Balaban J connectivity index is 4.23. The average molecular weight is 251 g/mol. The summed E-state index contributed by atoms with van der Waals surface area (Å²) >= 11 is 0. The Labute approximate surface area is 107 Å². The summed E-state index contributed by atoms with van der Waals surface area (Å²) < 4.78 is 9.67. The normalized spacial score (nSPS) is 10.0. The molecule has 1 atom stereocenters. The van der Waals surface area contributed by atoms with Crippen LogP contribution in [0.4, 0.5) is 4.79 Å². The quantitative estimate of drug-likeness (QED) is 0.553. The molecule has 0 heterocycles. The number of esters is 1. The van der Waals surface area contributed by atoms with E-state index in [-0.39, 0.29) is 13.2 Å². The Morgan fingerprint density at radius 3 is 2.11 bits per heavy atom. The van der Waals surface area contributed by atoms with Crippen LogP contribution in [-0.2, 0) is 14.3 Å². The molecule has 0 aliphatic heterocycles. The summed E-state index contributed by atoms with van der Waals surface area (Å²) in [5, 5.41) is 0. The molecule has 0 aliphatic rings. The third-order valence-electron chi connectivity index (χ3n) is 2.12. The van der Waals surface area contributed by atoms with Gasteiger partial charge >= 0.3 is 12.1 Å². The first-order valence-electron chi connectivity index (χ1n) is 5.40. The van der Waals surface area contributed by atoms with Gasteiger partial charge in [-0.25, -0.2) is 9.59 Å². The highest BCUT2D eigenvalue weighted by Gasteiger charge is 2.24. The molecule has 1 unspecified atom stereocenters. The van der Waals surface area contributed by atoms with Crippen LogP contribution in [0.15, 0.2) is 0 Å². The van der Waals surface area contributed by atoms with Gasteiger partial charge in [0.1, 0.15) is 6.04 Å². The summed E-state index contributed by atoms with van der Waals surface area (Å²) in [4.78, 5) is 24.2. The zero-order valence-corrected chi connectivity index (χ0v) is 11.1. The Bertz CT molecular complexity index is 368. The molecule has 0 saturated heterocycles. The molecule has 18 heavy (non-hydrogen) atoms. The third kappa shape index (κ3) is 5.81. The van der Waals surface area contributed by atoms with Crippen molar-refractivity contribution in [2.75, 3.05) is 20.3 Å². The van der Waals surface area contributed by atoms with Crippen LogP contribution >= 0.6 is 0 Å². The molecule has 0 N–H and O–H groups in total. The highest BCUT2D eigenvalue weighted by atomic mass is 16.6. The summed E-state index contributed by atoms with van der Waals surface area (Å²) in [6.45, 7) is 4.86. The number of rotatable bonds is 4. The van der Waals surface area contributed by atoms with Crippen molar-refractivity contribution in [3.63, 3.8) is 0 Å². The number of amides is 1. The molecule has 0 bridgehead atoms. The van der Waals surface area contributed by atoms with Crippen LogP contribution in [0, 0.1) is 23.7 Å². The monoisotopic (exact) mass is 251 g/mol. The predicted molar refractivity (Wildman–Crippen MR) is 66.4 cm³/mol. The van der Waals surface area contributed by atoms with E-state index in [1.165, 1.54) is 7.05 Å². The van der Waals surface area contributed by atoms with Gasteiger partial charge in [-0.2, -0.15) is 0 Å². The van der Waals surface area contributed by atoms with Gasteiger partial charge in [0.05, 0.1) is 0 Å². The molecule has 0 aromatic carbocycles. The van der Waals surface area contributed by atoms with Crippen molar-refractivity contribution in [2.45, 2.75) is 26.8 Å². The topological polar surface area (TPSA) is 55.8 Å². The summed E-state index contributed by atoms with van der Waals surface area (Å²) in [5.74, 6) is 9.86. The fourth-order valence-corrected chi connectivity index (χ4v) is 0.888. The van der Waals surface area contributed by atoms with Crippen molar-refractivity contribution < 1.29 is 19.1 Å². The molecule has 98 valence electrons. The smallest absolute Gasteiger partial charge is 0.411 e. The summed E-state index contributed by atoms with van der Waals surface area (Å²) in [6, 6.07) is -0.731. The minimum absolute atomic E-state index is 0.00273. The molecule has 0 saturated carbocycles. The van der Waals surface area contributed by atoms with Crippen molar-refractivity contribution in [2.24, 2.45) is 0 Å². The van der Waals surface area contributed by atoms with E-state index in [9.17, 15) is 9.59 Å². The standard InChI is InChI=1S/C13H17NO4/c1-5-7-9-17-12(15)11(3)14(4)13(16)18-10-8-6-2/h11H,9-10H2,1-4H3. The molecule has 0 radical (unpaired) electrons. The fourth-order valence-electron chi connectivity index (χ4n) is 0.888. The van der Waals surface area contributed by atoms with E-state index in [0.717, 1.165) is 4.90 Å². The fraction of sp³-hybridized carbons (Fsp3) is 0.538. The minimum atomic E-state index is -0.731. The van der Waals surface area contributed by atoms with E-state index < -0.39 is 18.1 Å². The third-order valence-corrected chi connectivity index (χ3v) is 2.12. The number of carbonyl (C=O) groups excluding carboxylic acids is 2. The average Bonchev–Trinajstić information content (AvgIpc) is 2.37. The lowest BCUT2D eigenvalue weighted by Crippen LogP contribution is -2.41. The second-order valence-corrected chi connectivity index (χ2v) is 3.30. The molecule has 5 heteroatoms. The van der Waals surface area contributed by atoms with E-state index in [4.69, 9.17) is 9.47 Å². The zero-order chi connectivity index (χ0) is 14.0. The highest BCUT2D eigenvalue weighted by Crippen LogP contribution is 2.01. The van der Waals surface area contributed by atoms with Crippen molar-refractivity contribution >= 4 is 12.1 Å². The van der Waals surface area contributed by atoms with Gasteiger partial charge in [-0.15, -0.1) is 11.8 Å². The number of nitrogens with zero attached hydrogens (tertiary/aromatic N) is 1. The minimum Gasteiger partial charge on any atom is -0.451 e. The van der Waals surface area contributed by atoms with Crippen LogP contribution in [-0.4, -0.2) is 43.3 Å². The van der Waals surface area contributed by atoms with Gasteiger partial charge in [-0.05, 0) is 20.8 Å². The summed E-state index contributed by atoms with van der Waals surface area (Å²) in [7, 11) is 1.46. The van der Waals surface area contributed by atoms with Crippen LogP contribution < -0.4 is 0 Å². The van der Waals surface area contributed by atoms with Crippen molar-refractivity contribution in [1.82, 2.24) is 4.90 Å². The van der Waals surface area contributed by atoms with Gasteiger partial charge in [0.15, 0.2) is 13.2 Å². The molecule has 0 aliphatic carbocycles. The second kappa shape index (κ2) is 8.95. The number of carbonyl (C=O) groups is 2. The van der Waals surface area contributed by atoms with Gasteiger partial charge in [-0.3, -0.25) is 4.90 Å². The van der Waals surface area contributed by atoms with E-state index in [0.29, 0.717) is 0 Å². The summed E-state index contributed by atoms with van der Waals surface area (Å²) in [5.41, 5.74) is 0. The first-order valence-corrected chi connectivity index (χ1v) is 5.40. The zero-order valence-electron chi connectivity index (χ0n) is 11.1. The highest BCUT2D eigenvalue weighted by molar-refractivity contribution is 5.81. The molecule has 5 nitrogen and oxygen atoms in total. The number of likely N-dealkylation sites (N-methyl/N-ethyl adjacent to an activating group) is 1. The van der Waals surface area contributed by atoms with Crippen LogP contribution in [0.25, 0.3) is 0 Å². The largest absolute Gasteiger partial charge is 0.451 e. The Hall–Kier alpha value is -2.14. The molecule has 0 fully saturated rings. The first kappa shape index (κ1) is 15.9. The van der Waals surface area contributed by atoms with Crippen molar-refractivity contribution in [3.05, 3.63) is 0 Å². The van der Waals surface area contributed by atoms with E-state index >= 15 is 0 Å². The number of ether oxygens (including phenoxy) is 2. The molecule has 1 amide bonds. The maximum Gasteiger partial charge on any atom is 0.411 e. The van der Waals surface area contributed by atoms with Crippen LogP contribution in [0.3, 0.4) is 0 Å². The molecule has 0 spiro atoms. The number of hydrogen-bond acceptors (Lipinski definition) is 4. The molecule has 0 aromatic rings. The van der Waals surface area contributed by atoms with E-state index in [1.807, 2.05) is 0 Å². The van der Waals surface area contributed by atoms with Crippen molar-refractivity contribution in [1.29, 1.82) is 0 Å². The van der Waals surface area contributed by atoms with E-state index in [2.05, 4.69) is 23.7 Å². The summed E-state index contributed by atoms with van der Waals surface area (Å²) in [6.07, 6.45) is -0.622. The van der Waals surface area contributed by atoms with Crippen LogP contribution in [0.5, 0.6) is 0 Å². The molecular formula is C13H17NO4. The van der Waals surface area contributed by atoms with Gasteiger partial charge in [0.2, 0.25) is 0 Å². The lowest BCUT2D eigenvalue weighted by Gasteiger charge is -2.21. The first-order chi connectivity index (χ1) is 8.54. The van der Waals surface area contributed by atoms with Crippen molar-refractivity contribution in [3.8, 4) is 23.7 Å². The van der Waals surface area contributed by atoms with Gasteiger partial charge in [0, 0.05) is 7.05 Å².